The molecule has 0 bridgehead atoms. The lowest BCUT2D eigenvalue weighted by Gasteiger charge is -2.23. The number of carbonyl (C=O) groups is 1. The van der Waals surface area contributed by atoms with Crippen LogP contribution in [0.4, 0.5) is 0 Å². The quantitative estimate of drug-likeness (QED) is 0.700. The summed E-state index contributed by atoms with van der Waals surface area (Å²) in [6.07, 6.45) is 5.82. The number of hydrogen-bond donors (Lipinski definition) is 0. The number of nitrogens with zero attached hydrogens (tertiary/aromatic N) is 4. The molecule has 1 atom stereocenters. The van der Waals surface area contributed by atoms with Gasteiger partial charge in [0.1, 0.15) is 5.01 Å². The second-order valence-electron chi connectivity index (χ2n) is 6.97. The molecule has 0 N–H and O–H groups in total. The third-order valence-electron chi connectivity index (χ3n) is 4.80. The smallest absolute Gasteiger partial charge is 0.254 e. The molecule has 1 unspecified atom stereocenters. The number of amides is 1. The van der Waals surface area contributed by atoms with E-state index in [0.717, 1.165) is 52.3 Å². The highest BCUT2D eigenvalue weighted by Gasteiger charge is 2.32. The molecule has 2 aromatic heterocycles. The first kappa shape index (κ1) is 17.0. The van der Waals surface area contributed by atoms with Crippen molar-refractivity contribution in [1.29, 1.82) is 0 Å². The van der Waals surface area contributed by atoms with Crippen molar-refractivity contribution in [1.82, 2.24) is 19.7 Å². The monoisotopic (exact) mass is 366 g/mol. The van der Waals surface area contributed by atoms with Gasteiger partial charge in [0.05, 0.1) is 12.2 Å². The number of rotatable bonds is 3. The normalized spacial score (nSPS) is 17.0. The van der Waals surface area contributed by atoms with E-state index in [9.17, 15) is 4.79 Å². The summed E-state index contributed by atoms with van der Waals surface area (Å²) in [4.78, 5) is 19.9. The molecule has 0 saturated carbocycles. The van der Waals surface area contributed by atoms with Gasteiger partial charge in [0.2, 0.25) is 0 Å². The zero-order chi connectivity index (χ0) is 18.3. The van der Waals surface area contributed by atoms with E-state index in [1.165, 1.54) is 0 Å². The number of hydrogen-bond acceptors (Lipinski definition) is 4. The van der Waals surface area contributed by atoms with Crippen LogP contribution in [0, 0.1) is 13.8 Å². The molecule has 3 aromatic rings. The summed E-state index contributed by atoms with van der Waals surface area (Å²) in [7, 11) is 1.90. The van der Waals surface area contributed by atoms with Gasteiger partial charge in [0.15, 0.2) is 0 Å². The van der Waals surface area contributed by atoms with Gasteiger partial charge in [-0.2, -0.15) is 5.10 Å². The summed E-state index contributed by atoms with van der Waals surface area (Å²) in [5.74, 6) is 0.0918. The van der Waals surface area contributed by atoms with Crippen LogP contribution in [0.2, 0.25) is 0 Å². The summed E-state index contributed by atoms with van der Waals surface area (Å²) in [6.45, 7) is 4.82. The molecule has 0 spiro atoms. The summed E-state index contributed by atoms with van der Waals surface area (Å²) in [5.41, 5.74) is 4.90. The molecular formula is C20H22N4OS. The summed E-state index contributed by atoms with van der Waals surface area (Å²) >= 11 is 1.65. The molecule has 4 rings (SSSR count). The Hall–Kier alpha value is -2.47. The average Bonchev–Trinajstić information content (AvgIpc) is 3.33. The number of likely N-dealkylation sites (tertiary alicyclic amines) is 1. The summed E-state index contributed by atoms with van der Waals surface area (Å²) in [6, 6.07) is 6.16. The van der Waals surface area contributed by atoms with Crippen LogP contribution in [-0.4, -0.2) is 32.1 Å². The Bertz CT molecular complexity index is 958. The van der Waals surface area contributed by atoms with E-state index < -0.39 is 0 Å². The van der Waals surface area contributed by atoms with Crippen molar-refractivity contribution in [3.05, 3.63) is 57.8 Å². The van der Waals surface area contributed by atoms with E-state index in [4.69, 9.17) is 0 Å². The average molecular weight is 366 g/mol. The maximum Gasteiger partial charge on any atom is 0.254 e. The van der Waals surface area contributed by atoms with Crippen LogP contribution in [0.5, 0.6) is 0 Å². The Morgan fingerprint density at radius 1 is 1.23 bits per heavy atom. The van der Waals surface area contributed by atoms with Crippen molar-refractivity contribution in [2.75, 3.05) is 6.54 Å². The lowest BCUT2D eigenvalue weighted by molar-refractivity contribution is 0.0735. The molecule has 1 aromatic carbocycles. The second-order valence-corrected chi connectivity index (χ2v) is 7.86. The fourth-order valence-electron chi connectivity index (χ4n) is 3.60. The number of thiazole rings is 1. The Kier molecular flexibility index (Phi) is 4.36. The Morgan fingerprint density at radius 3 is 2.77 bits per heavy atom. The molecule has 1 amide bonds. The zero-order valence-electron chi connectivity index (χ0n) is 15.3. The van der Waals surface area contributed by atoms with E-state index in [1.54, 1.807) is 16.0 Å². The fraction of sp³-hybridized carbons (Fsp3) is 0.350. The van der Waals surface area contributed by atoms with E-state index in [0.29, 0.717) is 0 Å². The minimum Gasteiger partial charge on any atom is -0.329 e. The standard InChI is InChI=1S/C20H22N4OS/c1-13-7-15(17-10-21-23(3)11-17)9-16(8-13)20(25)24-6-4-5-18(24)19-22-14(2)12-26-19/h7-12,18H,4-6H2,1-3H3. The van der Waals surface area contributed by atoms with Crippen LogP contribution in [-0.2, 0) is 7.05 Å². The van der Waals surface area contributed by atoms with Gasteiger partial charge in [-0.15, -0.1) is 11.3 Å². The third-order valence-corrected chi connectivity index (χ3v) is 5.86. The molecular weight excluding hydrogens is 344 g/mol. The van der Waals surface area contributed by atoms with Crippen LogP contribution in [0.25, 0.3) is 11.1 Å². The van der Waals surface area contributed by atoms with Gasteiger partial charge in [-0.3, -0.25) is 9.48 Å². The van der Waals surface area contributed by atoms with Crippen LogP contribution in [0.1, 0.15) is 45.5 Å². The fourth-order valence-corrected chi connectivity index (χ4v) is 4.54. The highest BCUT2D eigenvalue weighted by atomic mass is 32.1. The molecule has 1 aliphatic rings. The van der Waals surface area contributed by atoms with Gasteiger partial charge in [-0.1, -0.05) is 6.07 Å². The SMILES string of the molecule is Cc1cc(C(=O)N2CCCC2c2nc(C)cs2)cc(-c2cnn(C)c2)c1. The van der Waals surface area contributed by atoms with Gasteiger partial charge in [0.25, 0.3) is 5.91 Å². The van der Waals surface area contributed by atoms with Crippen LogP contribution in [0.3, 0.4) is 0 Å². The number of aryl methyl sites for hydroxylation is 3. The van der Waals surface area contributed by atoms with Crippen molar-refractivity contribution in [2.24, 2.45) is 7.05 Å². The van der Waals surface area contributed by atoms with Crippen molar-refractivity contribution in [2.45, 2.75) is 32.7 Å². The molecule has 5 nitrogen and oxygen atoms in total. The molecule has 134 valence electrons. The summed E-state index contributed by atoms with van der Waals surface area (Å²) in [5, 5.41) is 7.35. The van der Waals surface area contributed by atoms with Gasteiger partial charge < -0.3 is 4.90 Å². The largest absolute Gasteiger partial charge is 0.329 e. The van der Waals surface area contributed by atoms with E-state index in [2.05, 4.69) is 21.5 Å². The van der Waals surface area contributed by atoms with Crippen molar-refractivity contribution < 1.29 is 4.79 Å². The molecule has 1 aliphatic heterocycles. The van der Waals surface area contributed by atoms with Crippen LogP contribution in [0.15, 0.2) is 36.0 Å². The van der Waals surface area contributed by atoms with E-state index >= 15 is 0 Å². The first-order valence-electron chi connectivity index (χ1n) is 8.85. The molecule has 3 heterocycles. The first-order valence-corrected chi connectivity index (χ1v) is 9.73. The topological polar surface area (TPSA) is 51.0 Å². The minimum absolute atomic E-state index is 0.0918. The second kappa shape index (κ2) is 6.68. The lowest BCUT2D eigenvalue weighted by Crippen LogP contribution is -2.30. The summed E-state index contributed by atoms with van der Waals surface area (Å²) < 4.78 is 1.78. The van der Waals surface area contributed by atoms with Crippen molar-refractivity contribution >= 4 is 17.2 Å². The van der Waals surface area contributed by atoms with Crippen LogP contribution < -0.4 is 0 Å². The molecule has 6 heteroatoms. The van der Waals surface area contributed by atoms with Gasteiger partial charge in [0, 0.05) is 42.0 Å². The Labute approximate surface area is 157 Å². The first-order chi connectivity index (χ1) is 12.5. The molecule has 26 heavy (non-hydrogen) atoms. The van der Waals surface area contributed by atoms with Gasteiger partial charge in [-0.05, 0) is 49.9 Å². The van der Waals surface area contributed by atoms with E-state index in [-0.39, 0.29) is 11.9 Å². The van der Waals surface area contributed by atoms with Crippen molar-refractivity contribution in [3.63, 3.8) is 0 Å². The third kappa shape index (κ3) is 3.17. The maximum absolute atomic E-state index is 13.3. The van der Waals surface area contributed by atoms with Crippen LogP contribution >= 0.6 is 11.3 Å². The Morgan fingerprint density at radius 2 is 2.08 bits per heavy atom. The van der Waals surface area contributed by atoms with Gasteiger partial charge >= 0.3 is 0 Å². The molecule has 1 saturated heterocycles. The zero-order valence-corrected chi connectivity index (χ0v) is 16.1. The lowest BCUT2D eigenvalue weighted by atomic mass is 10.0. The number of carbonyl (C=O) groups excluding carboxylic acids is 1. The number of aromatic nitrogens is 3. The molecule has 0 aliphatic carbocycles. The maximum atomic E-state index is 13.3. The Balaban J connectivity index is 1.66. The highest BCUT2D eigenvalue weighted by molar-refractivity contribution is 7.09. The number of benzene rings is 1. The predicted molar refractivity (Wildman–Crippen MR) is 103 cm³/mol. The van der Waals surface area contributed by atoms with Gasteiger partial charge in [-0.25, -0.2) is 4.98 Å². The van der Waals surface area contributed by atoms with E-state index in [1.807, 2.05) is 50.3 Å². The highest BCUT2D eigenvalue weighted by Crippen LogP contribution is 2.35. The van der Waals surface area contributed by atoms with Crippen molar-refractivity contribution in [3.8, 4) is 11.1 Å². The molecule has 1 fully saturated rings. The predicted octanol–water partition coefficient (Wildman–Crippen LogP) is 4.14. The molecule has 0 radical (unpaired) electrons. The minimum atomic E-state index is 0.0918.